The number of fused-ring (bicyclic) bond motifs is 1. The molecular formula is C30H29ClF4N2O6. The Kier molecular flexibility index (Phi) is 10.2. The molecule has 1 amide bonds. The average molecular weight is 625 g/mol. The lowest BCUT2D eigenvalue weighted by atomic mass is 10.0. The number of carbonyl (C=O) groups is 2. The topological polar surface area (TPSA) is 86.3 Å². The SMILES string of the molecule is CCOC(=O)CCCOc1cc(NC(C(=O)N2CCc3ccc(OC(F)(F)F)cc32)c2ccc(Cl)cc2F)cc(OC)c1. The van der Waals surface area contributed by atoms with Crippen molar-refractivity contribution in [2.24, 2.45) is 0 Å². The summed E-state index contributed by atoms with van der Waals surface area (Å²) < 4.78 is 73.9. The standard InChI is InChI=1S/C30H29ClF4N2O6/c1-3-41-27(38)5-4-12-42-23-15-20(14-22(16-23)40-2)36-28(24-9-7-19(31)13-25(24)32)29(39)37-11-10-18-6-8-21(17-26(18)37)43-30(33,34)35/h6-9,13-17,28,36H,3-5,10-12H2,1-2H3. The van der Waals surface area contributed by atoms with Crippen LogP contribution in [0, 0.1) is 5.82 Å². The molecule has 1 unspecified atom stereocenters. The second-order valence-corrected chi connectivity index (χ2v) is 9.91. The number of nitrogens with zero attached hydrogens (tertiary/aromatic N) is 1. The first kappa shape index (κ1) is 31.7. The van der Waals surface area contributed by atoms with Gasteiger partial charge in [0.25, 0.3) is 5.91 Å². The van der Waals surface area contributed by atoms with Gasteiger partial charge in [-0.1, -0.05) is 23.7 Å². The van der Waals surface area contributed by atoms with E-state index in [0.29, 0.717) is 35.6 Å². The molecule has 3 aromatic carbocycles. The fourth-order valence-corrected chi connectivity index (χ4v) is 4.77. The molecule has 1 aliphatic rings. The molecule has 0 aliphatic carbocycles. The van der Waals surface area contributed by atoms with Gasteiger partial charge >= 0.3 is 12.3 Å². The molecule has 43 heavy (non-hydrogen) atoms. The first-order valence-corrected chi connectivity index (χ1v) is 13.7. The highest BCUT2D eigenvalue weighted by Gasteiger charge is 2.35. The Morgan fingerprint density at radius 1 is 1.05 bits per heavy atom. The van der Waals surface area contributed by atoms with Crippen LogP contribution in [0.2, 0.25) is 5.02 Å². The second-order valence-electron chi connectivity index (χ2n) is 9.48. The van der Waals surface area contributed by atoms with Crippen LogP contribution >= 0.6 is 11.6 Å². The van der Waals surface area contributed by atoms with Crippen LogP contribution in [-0.2, 0) is 20.7 Å². The predicted octanol–water partition coefficient (Wildman–Crippen LogP) is 6.85. The predicted molar refractivity (Wildman–Crippen MR) is 151 cm³/mol. The Labute approximate surface area is 250 Å². The third-order valence-corrected chi connectivity index (χ3v) is 6.73. The van der Waals surface area contributed by atoms with Crippen molar-refractivity contribution in [1.82, 2.24) is 0 Å². The molecule has 0 bridgehead atoms. The second kappa shape index (κ2) is 13.9. The molecule has 230 valence electrons. The third kappa shape index (κ3) is 8.44. The van der Waals surface area contributed by atoms with Gasteiger partial charge in [-0.15, -0.1) is 13.2 Å². The monoisotopic (exact) mass is 624 g/mol. The first-order chi connectivity index (χ1) is 20.5. The molecule has 1 aliphatic heterocycles. The van der Waals surface area contributed by atoms with Gasteiger partial charge in [0.2, 0.25) is 0 Å². The van der Waals surface area contributed by atoms with E-state index in [1.54, 1.807) is 25.1 Å². The number of amides is 1. The lowest BCUT2D eigenvalue weighted by Gasteiger charge is -2.27. The number of ether oxygens (including phenoxy) is 4. The van der Waals surface area contributed by atoms with Crippen LogP contribution in [0.15, 0.2) is 54.6 Å². The maximum absolute atomic E-state index is 15.2. The Hall–Kier alpha value is -4.19. The highest BCUT2D eigenvalue weighted by molar-refractivity contribution is 6.30. The molecule has 1 atom stereocenters. The number of hydrogen-bond donors (Lipinski definition) is 1. The molecule has 0 radical (unpaired) electrons. The van der Waals surface area contributed by atoms with E-state index >= 15 is 4.39 Å². The summed E-state index contributed by atoms with van der Waals surface area (Å²) in [5, 5.41) is 3.16. The Morgan fingerprint density at radius 3 is 2.51 bits per heavy atom. The van der Waals surface area contributed by atoms with Gasteiger partial charge < -0.3 is 29.2 Å². The van der Waals surface area contributed by atoms with Crippen molar-refractivity contribution >= 4 is 34.9 Å². The van der Waals surface area contributed by atoms with Crippen LogP contribution in [-0.4, -0.2) is 45.1 Å². The highest BCUT2D eigenvalue weighted by atomic mass is 35.5. The molecule has 8 nitrogen and oxygen atoms in total. The summed E-state index contributed by atoms with van der Waals surface area (Å²) >= 11 is 5.96. The van der Waals surface area contributed by atoms with Crippen LogP contribution in [0.1, 0.15) is 36.9 Å². The van der Waals surface area contributed by atoms with Crippen LogP contribution in [0.4, 0.5) is 28.9 Å². The zero-order valence-electron chi connectivity index (χ0n) is 23.3. The summed E-state index contributed by atoms with van der Waals surface area (Å²) in [6, 6.07) is 11.1. The smallest absolute Gasteiger partial charge is 0.497 e. The van der Waals surface area contributed by atoms with E-state index in [4.69, 9.17) is 25.8 Å². The molecule has 3 aromatic rings. The van der Waals surface area contributed by atoms with Crippen molar-refractivity contribution in [3.05, 3.63) is 76.6 Å². The number of hydrogen-bond acceptors (Lipinski definition) is 7. The minimum absolute atomic E-state index is 0.0368. The quantitative estimate of drug-likeness (QED) is 0.134. The van der Waals surface area contributed by atoms with Crippen molar-refractivity contribution in [1.29, 1.82) is 0 Å². The van der Waals surface area contributed by atoms with Gasteiger partial charge in [0.1, 0.15) is 29.1 Å². The maximum atomic E-state index is 15.2. The van der Waals surface area contributed by atoms with E-state index in [1.807, 2.05) is 0 Å². The van der Waals surface area contributed by atoms with Crippen molar-refractivity contribution in [3.63, 3.8) is 0 Å². The summed E-state index contributed by atoms with van der Waals surface area (Å²) in [4.78, 5) is 26.9. The van der Waals surface area contributed by atoms with E-state index in [9.17, 15) is 22.8 Å². The van der Waals surface area contributed by atoms with Crippen molar-refractivity contribution in [3.8, 4) is 17.2 Å². The minimum atomic E-state index is -4.91. The summed E-state index contributed by atoms with van der Waals surface area (Å²) in [6.45, 7) is 2.34. The number of benzene rings is 3. The lowest BCUT2D eigenvalue weighted by Crippen LogP contribution is -2.37. The van der Waals surface area contributed by atoms with Crippen molar-refractivity contribution in [2.45, 2.75) is 38.6 Å². The largest absolute Gasteiger partial charge is 0.573 e. The van der Waals surface area contributed by atoms with Crippen molar-refractivity contribution < 1.29 is 46.1 Å². The van der Waals surface area contributed by atoms with Gasteiger partial charge in [-0.05, 0) is 43.5 Å². The fourth-order valence-electron chi connectivity index (χ4n) is 4.61. The van der Waals surface area contributed by atoms with Gasteiger partial charge in [-0.2, -0.15) is 0 Å². The maximum Gasteiger partial charge on any atom is 0.573 e. The molecule has 0 aromatic heterocycles. The average Bonchev–Trinajstić information content (AvgIpc) is 3.36. The van der Waals surface area contributed by atoms with Crippen molar-refractivity contribution in [2.75, 3.05) is 37.1 Å². The molecule has 1 N–H and O–H groups in total. The molecular weight excluding hydrogens is 596 g/mol. The number of anilines is 2. The van der Waals surface area contributed by atoms with Gasteiger partial charge in [-0.3, -0.25) is 9.59 Å². The van der Waals surface area contributed by atoms with Gasteiger partial charge in [0.15, 0.2) is 0 Å². The minimum Gasteiger partial charge on any atom is -0.497 e. The van der Waals surface area contributed by atoms with Gasteiger partial charge in [-0.25, -0.2) is 4.39 Å². The molecule has 0 saturated heterocycles. The van der Waals surface area contributed by atoms with E-state index in [2.05, 4.69) is 10.1 Å². The van der Waals surface area contributed by atoms with Crippen LogP contribution < -0.4 is 24.4 Å². The molecule has 13 heteroatoms. The lowest BCUT2D eigenvalue weighted by molar-refractivity contribution is -0.274. The Morgan fingerprint density at radius 2 is 1.81 bits per heavy atom. The van der Waals surface area contributed by atoms with E-state index in [-0.39, 0.29) is 48.4 Å². The molecule has 1 heterocycles. The number of alkyl halides is 3. The summed E-state index contributed by atoms with van der Waals surface area (Å²) in [5.41, 5.74) is 1.16. The zero-order valence-corrected chi connectivity index (χ0v) is 24.1. The van der Waals surface area contributed by atoms with Crippen LogP contribution in [0.25, 0.3) is 0 Å². The van der Waals surface area contributed by atoms with E-state index in [1.165, 1.54) is 36.3 Å². The van der Waals surface area contributed by atoms with Gasteiger partial charge in [0, 0.05) is 53.5 Å². The first-order valence-electron chi connectivity index (χ1n) is 13.4. The fraction of sp³-hybridized carbons (Fsp3) is 0.333. The molecule has 0 saturated carbocycles. The van der Waals surface area contributed by atoms with Crippen LogP contribution in [0.5, 0.6) is 17.2 Å². The number of carbonyl (C=O) groups excluding carboxylic acids is 2. The number of halogens is 5. The zero-order chi connectivity index (χ0) is 31.1. The normalized spacial score (nSPS) is 13.2. The highest BCUT2D eigenvalue weighted by Crippen LogP contribution is 2.37. The Balaban J connectivity index is 1.62. The van der Waals surface area contributed by atoms with Crippen LogP contribution in [0.3, 0.4) is 0 Å². The van der Waals surface area contributed by atoms with E-state index < -0.39 is 29.9 Å². The number of esters is 1. The number of rotatable bonds is 12. The number of nitrogens with one attached hydrogen (secondary N) is 1. The summed E-state index contributed by atoms with van der Waals surface area (Å²) in [5.74, 6) is -1.48. The summed E-state index contributed by atoms with van der Waals surface area (Å²) in [7, 11) is 1.44. The molecule has 4 rings (SSSR count). The third-order valence-electron chi connectivity index (χ3n) is 6.50. The summed E-state index contributed by atoms with van der Waals surface area (Å²) in [6.07, 6.45) is -3.97. The van der Waals surface area contributed by atoms with Gasteiger partial charge in [0.05, 0.1) is 26.0 Å². The molecule has 0 fully saturated rings. The molecule has 0 spiro atoms. The Bertz CT molecular complexity index is 1470. The van der Waals surface area contributed by atoms with E-state index in [0.717, 1.165) is 12.1 Å². The number of methoxy groups -OCH3 is 1.